The molecule has 0 aromatic heterocycles. The molecular weight excluding hydrogens is 354 g/mol. The van der Waals surface area contributed by atoms with Gasteiger partial charge < -0.3 is 19.3 Å². The first-order valence-electron chi connectivity index (χ1n) is 9.70. The standard InChI is InChI=1S/C20H28ClNO4/c21-17-10-19-18(25-14-26-19)9-15(17)12-22-6-4-20(13-23,5-7-22)11-16-3-1-2-8-24-16/h9-10,16,23H,1-8,11-14H2. The van der Waals surface area contributed by atoms with Crippen molar-refractivity contribution in [1.29, 1.82) is 0 Å². The van der Waals surface area contributed by atoms with Crippen molar-refractivity contribution in [3.8, 4) is 11.5 Å². The molecule has 144 valence electrons. The second-order valence-corrected chi connectivity index (χ2v) is 8.33. The third-order valence-electron chi connectivity index (χ3n) is 6.12. The third kappa shape index (κ3) is 3.96. The van der Waals surface area contributed by atoms with Gasteiger partial charge in [0.15, 0.2) is 11.5 Å². The number of benzene rings is 1. The van der Waals surface area contributed by atoms with E-state index in [4.69, 9.17) is 25.8 Å². The number of piperidine rings is 1. The summed E-state index contributed by atoms with van der Waals surface area (Å²) in [5, 5.41) is 10.8. The van der Waals surface area contributed by atoms with Crippen LogP contribution in [0.25, 0.3) is 0 Å². The molecule has 1 unspecified atom stereocenters. The fourth-order valence-electron chi connectivity index (χ4n) is 4.38. The van der Waals surface area contributed by atoms with Crippen LogP contribution in [-0.2, 0) is 11.3 Å². The predicted molar refractivity (Wildman–Crippen MR) is 99.8 cm³/mol. The molecule has 1 N–H and O–H groups in total. The van der Waals surface area contributed by atoms with Crippen molar-refractivity contribution in [2.75, 3.05) is 33.1 Å². The maximum Gasteiger partial charge on any atom is 0.231 e. The van der Waals surface area contributed by atoms with Gasteiger partial charge in [-0.15, -0.1) is 0 Å². The zero-order valence-corrected chi connectivity index (χ0v) is 16.0. The van der Waals surface area contributed by atoms with Gasteiger partial charge in [-0.3, -0.25) is 4.90 Å². The lowest BCUT2D eigenvalue weighted by molar-refractivity contribution is -0.0486. The van der Waals surface area contributed by atoms with Gasteiger partial charge in [0.05, 0.1) is 6.10 Å². The molecule has 1 aromatic rings. The molecule has 2 fully saturated rings. The molecule has 1 aromatic carbocycles. The Morgan fingerprint density at radius 2 is 1.92 bits per heavy atom. The molecule has 4 rings (SSSR count). The Kier molecular flexibility index (Phi) is 5.60. The van der Waals surface area contributed by atoms with Crippen LogP contribution in [0.3, 0.4) is 0 Å². The first-order chi connectivity index (χ1) is 12.7. The van der Waals surface area contributed by atoms with Gasteiger partial charge in [-0.1, -0.05) is 11.6 Å². The minimum atomic E-state index is 0.0111. The lowest BCUT2D eigenvalue weighted by atomic mass is 9.74. The van der Waals surface area contributed by atoms with Crippen LogP contribution >= 0.6 is 11.6 Å². The van der Waals surface area contributed by atoms with E-state index < -0.39 is 0 Å². The molecule has 3 heterocycles. The van der Waals surface area contributed by atoms with Crippen LogP contribution in [0.15, 0.2) is 12.1 Å². The van der Waals surface area contributed by atoms with Crippen LogP contribution < -0.4 is 9.47 Å². The Bertz CT molecular complexity index is 624. The number of fused-ring (bicyclic) bond motifs is 1. The summed E-state index contributed by atoms with van der Waals surface area (Å²) in [6, 6.07) is 3.84. The van der Waals surface area contributed by atoms with Crippen LogP contribution in [0, 0.1) is 5.41 Å². The van der Waals surface area contributed by atoms with Gasteiger partial charge in [-0.05, 0) is 68.7 Å². The van der Waals surface area contributed by atoms with E-state index >= 15 is 0 Å². The Morgan fingerprint density at radius 3 is 2.62 bits per heavy atom. The van der Waals surface area contributed by atoms with Crippen LogP contribution in [0.5, 0.6) is 11.5 Å². The van der Waals surface area contributed by atoms with Crippen LogP contribution in [0.4, 0.5) is 0 Å². The molecule has 5 nitrogen and oxygen atoms in total. The minimum Gasteiger partial charge on any atom is -0.454 e. The van der Waals surface area contributed by atoms with E-state index in [0.29, 0.717) is 6.10 Å². The summed E-state index contributed by atoms with van der Waals surface area (Å²) in [7, 11) is 0. The van der Waals surface area contributed by atoms with Gasteiger partial charge >= 0.3 is 0 Å². The second kappa shape index (κ2) is 7.93. The fraction of sp³-hybridized carbons (Fsp3) is 0.700. The Labute approximate surface area is 160 Å². The Morgan fingerprint density at radius 1 is 1.15 bits per heavy atom. The van der Waals surface area contributed by atoms with Crippen molar-refractivity contribution >= 4 is 11.6 Å². The second-order valence-electron chi connectivity index (χ2n) is 7.92. The number of halogens is 1. The van der Waals surface area contributed by atoms with Gasteiger partial charge in [0, 0.05) is 30.8 Å². The molecule has 26 heavy (non-hydrogen) atoms. The molecule has 0 spiro atoms. The van der Waals surface area contributed by atoms with Crippen LogP contribution in [0.2, 0.25) is 5.02 Å². The smallest absolute Gasteiger partial charge is 0.231 e. The molecule has 0 saturated carbocycles. The van der Waals surface area contributed by atoms with Crippen molar-refractivity contribution in [3.05, 3.63) is 22.7 Å². The normalized spacial score (nSPS) is 25.4. The highest BCUT2D eigenvalue weighted by molar-refractivity contribution is 6.31. The van der Waals surface area contributed by atoms with E-state index in [1.54, 1.807) is 0 Å². The molecular formula is C20H28ClNO4. The summed E-state index contributed by atoms with van der Waals surface area (Å²) in [6.07, 6.45) is 6.89. The fourth-order valence-corrected chi connectivity index (χ4v) is 4.60. The highest BCUT2D eigenvalue weighted by atomic mass is 35.5. The average Bonchev–Trinajstić information content (AvgIpc) is 3.11. The van der Waals surface area contributed by atoms with Crippen molar-refractivity contribution < 1.29 is 19.3 Å². The number of aliphatic hydroxyl groups excluding tert-OH is 1. The number of aliphatic hydroxyl groups is 1. The van der Waals surface area contributed by atoms with Gasteiger partial charge in [-0.2, -0.15) is 0 Å². The third-order valence-corrected chi connectivity index (χ3v) is 6.47. The zero-order valence-electron chi connectivity index (χ0n) is 15.2. The maximum atomic E-state index is 10.1. The summed E-state index contributed by atoms with van der Waals surface area (Å²) in [4.78, 5) is 2.42. The molecule has 6 heteroatoms. The number of nitrogens with zero attached hydrogens (tertiary/aromatic N) is 1. The van der Waals surface area contributed by atoms with E-state index in [-0.39, 0.29) is 18.8 Å². The molecule has 0 radical (unpaired) electrons. The highest BCUT2D eigenvalue weighted by Gasteiger charge is 2.37. The van der Waals surface area contributed by atoms with Crippen molar-refractivity contribution in [1.82, 2.24) is 4.90 Å². The topological polar surface area (TPSA) is 51.2 Å². The summed E-state index contributed by atoms with van der Waals surface area (Å²) < 4.78 is 16.8. The van der Waals surface area contributed by atoms with E-state index in [1.165, 1.54) is 12.8 Å². The average molecular weight is 382 g/mol. The largest absolute Gasteiger partial charge is 0.454 e. The van der Waals surface area contributed by atoms with Gasteiger partial charge in [0.2, 0.25) is 6.79 Å². The van der Waals surface area contributed by atoms with E-state index in [2.05, 4.69) is 4.90 Å². The van der Waals surface area contributed by atoms with Gasteiger partial charge in [0.1, 0.15) is 0 Å². The van der Waals surface area contributed by atoms with E-state index in [1.807, 2.05) is 12.1 Å². The number of likely N-dealkylation sites (tertiary alicyclic amines) is 1. The molecule has 0 bridgehead atoms. The highest BCUT2D eigenvalue weighted by Crippen LogP contribution is 2.40. The number of hydrogen-bond donors (Lipinski definition) is 1. The molecule has 0 aliphatic carbocycles. The molecule has 3 aliphatic heterocycles. The van der Waals surface area contributed by atoms with E-state index in [0.717, 1.165) is 74.0 Å². The quantitative estimate of drug-likeness (QED) is 0.844. The number of ether oxygens (including phenoxy) is 3. The van der Waals surface area contributed by atoms with Crippen LogP contribution in [0.1, 0.15) is 44.1 Å². The zero-order chi connectivity index (χ0) is 18.0. The first-order valence-corrected chi connectivity index (χ1v) is 10.1. The van der Waals surface area contributed by atoms with Gasteiger partial charge in [-0.25, -0.2) is 0 Å². The Hall–Kier alpha value is -1.01. The molecule has 3 aliphatic rings. The first kappa shape index (κ1) is 18.4. The lowest BCUT2D eigenvalue weighted by Gasteiger charge is -2.43. The molecule has 2 saturated heterocycles. The monoisotopic (exact) mass is 381 g/mol. The summed E-state index contributed by atoms with van der Waals surface area (Å²) in [5.74, 6) is 1.50. The van der Waals surface area contributed by atoms with Gasteiger partial charge in [0.25, 0.3) is 0 Å². The van der Waals surface area contributed by atoms with Crippen molar-refractivity contribution in [2.24, 2.45) is 5.41 Å². The SMILES string of the molecule is OCC1(CC2CCCCO2)CCN(Cc2cc3c(cc2Cl)OCO3)CC1. The maximum absolute atomic E-state index is 10.1. The summed E-state index contributed by atoms with van der Waals surface area (Å²) in [5.41, 5.74) is 1.08. The predicted octanol–water partition coefficient (Wildman–Crippen LogP) is 3.60. The number of hydrogen-bond acceptors (Lipinski definition) is 5. The lowest BCUT2D eigenvalue weighted by Crippen LogP contribution is -2.44. The molecule has 0 amide bonds. The van der Waals surface area contributed by atoms with Crippen molar-refractivity contribution in [2.45, 2.75) is 51.2 Å². The summed E-state index contributed by atoms with van der Waals surface area (Å²) >= 11 is 6.42. The van der Waals surface area contributed by atoms with Crippen molar-refractivity contribution in [3.63, 3.8) is 0 Å². The van der Waals surface area contributed by atoms with Crippen LogP contribution in [-0.4, -0.2) is 49.2 Å². The van der Waals surface area contributed by atoms with E-state index in [9.17, 15) is 5.11 Å². The minimum absolute atomic E-state index is 0.0111. The number of rotatable bonds is 5. The molecule has 1 atom stereocenters. The Balaban J connectivity index is 1.35. The summed E-state index contributed by atoms with van der Waals surface area (Å²) in [6.45, 7) is 4.14.